The molecule has 1 atom stereocenters. The van der Waals surface area contributed by atoms with Crippen LogP contribution in [0.3, 0.4) is 0 Å². The first kappa shape index (κ1) is 17.3. The Hall–Kier alpha value is -3.08. The van der Waals surface area contributed by atoms with Gasteiger partial charge in [0.1, 0.15) is 5.75 Å². The summed E-state index contributed by atoms with van der Waals surface area (Å²) < 4.78 is 5.18. The summed E-state index contributed by atoms with van der Waals surface area (Å²) in [4.78, 5) is 23.1. The lowest BCUT2D eigenvalue weighted by molar-refractivity contribution is -0.143. The van der Waals surface area contributed by atoms with Crippen molar-refractivity contribution in [2.75, 3.05) is 5.32 Å². The van der Waals surface area contributed by atoms with E-state index in [4.69, 9.17) is 9.84 Å². The Morgan fingerprint density at radius 3 is 2.21 bits per heavy atom. The number of para-hydroxylation sites is 1. The number of rotatable bonds is 7. The predicted octanol–water partition coefficient (Wildman–Crippen LogP) is 4.00. The number of aliphatic carboxylic acids is 1. The van der Waals surface area contributed by atoms with Gasteiger partial charge in [-0.25, -0.2) is 4.79 Å². The molecule has 5 heteroatoms. The van der Waals surface area contributed by atoms with E-state index in [0.29, 0.717) is 5.75 Å². The van der Waals surface area contributed by atoms with Crippen molar-refractivity contribution in [1.29, 1.82) is 0 Å². The third-order valence-electron chi connectivity index (χ3n) is 3.52. The molecule has 0 saturated heterocycles. The van der Waals surface area contributed by atoms with Crippen molar-refractivity contribution in [3.63, 3.8) is 0 Å². The van der Waals surface area contributed by atoms with E-state index >= 15 is 0 Å². The first-order valence-electron chi connectivity index (χ1n) is 7.57. The summed E-state index contributed by atoms with van der Waals surface area (Å²) in [5.74, 6) is -2.41. The van der Waals surface area contributed by atoms with Crippen LogP contribution in [0.15, 0.2) is 66.7 Å². The van der Waals surface area contributed by atoms with Gasteiger partial charge in [0.15, 0.2) is 0 Å². The van der Waals surface area contributed by atoms with E-state index in [1.807, 2.05) is 30.3 Å². The number of hydrogen-bond donors (Lipinski definition) is 2. The van der Waals surface area contributed by atoms with Crippen LogP contribution >= 0.6 is 0 Å². The van der Waals surface area contributed by atoms with E-state index in [-0.39, 0.29) is 12.0 Å². The molecular weight excluding hydrogens is 306 g/mol. The molecule has 0 amide bonds. The number of esters is 1. The summed E-state index contributed by atoms with van der Waals surface area (Å²) in [6.07, 6.45) is 0.281. The standard InChI is InChI=1S/C19H19NO4/c1-3-17(18(21)22)13(2)19(23)24-16-11-9-15(10-12-16)20-14-7-5-4-6-8-14/h4-12,17,20H,2-3H2,1H3,(H,21,22). The summed E-state index contributed by atoms with van der Waals surface area (Å²) in [6, 6.07) is 16.5. The van der Waals surface area contributed by atoms with Gasteiger partial charge >= 0.3 is 11.9 Å². The zero-order valence-corrected chi connectivity index (χ0v) is 13.4. The summed E-state index contributed by atoms with van der Waals surface area (Å²) >= 11 is 0. The van der Waals surface area contributed by atoms with Gasteiger partial charge in [-0.15, -0.1) is 0 Å². The maximum absolute atomic E-state index is 12.0. The van der Waals surface area contributed by atoms with Crippen molar-refractivity contribution in [3.8, 4) is 5.75 Å². The first-order chi connectivity index (χ1) is 11.5. The fraction of sp³-hybridized carbons (Fsp3) is 0.158. The quantitative estimate of drug-likeness (QED) is 0.457. The van der Waals surface area contributed by atoms with Crippen molar-refractivity contribution in [2.45, 2.75) is 13.3 Å². The van der Waals surface area contributed by atoms with E-state index in [2.05, 4.69) is 11.9 Å². The lowest BCUT2D eigenvalue weighted by atomic mass is 9.98. The lowest BCUT2D eigenvalue weighted by Crippen LogP contribution is -2.23. The highest BCUT2D eigenvalue weighted by molar-refractivity contribution is 5.95. The first-order valence-corrected chi connectivity index (χ1v) is 7.57. The highest BCUT2D eigenvalue weighted by Gasteiger charge is 2.25. The molecule has 1 unspecified atom stereocenters. The number of hydrogen-bond acceptors (Lipinski definition) is 4. The van der Waals surface area contributed by atoms with Gasteiger partial charge in [-0.05, 0) is 42.8 Å². The molecule has 0 fully saturated rings. The van der Waals surface area contributed by atoms with Crippen LogP contribution in [0, 0.1) is 5.92 Å². The monoisotopic (exact) mass is 325 g/mol. The Kier molecular flexibility index (Phi) is 5.73. The van der Waals surface area contributed by atoms with Gasteiger partial charge < -0.3 is 15.2 Å². The van der Waals surface area contributed by atoms with Gasteiger partial charge in [-0.3, -0.25) is 4.79 Å². The fourth-order valence-electron chi connectivity index (χ4n) is 2.18. The highest BCUT2D eigenvalue weighted by atomic mass is 16.5. The van der Waals surface area contributed by atoms with Crippen LogP contribution in [0.4, 0.5) is 11.4 Å². The minimum atomic E-state index is -1.08. The molecule has 0 aliphatic rings. The molecule has 124 valence electrons. The third kappa shape index (κ3) is 4.46. The van der Waals surface area contributed by atoms with Crippen molar-refractivity contribution >= 4 is 23.3 Å². The molecule has 0 radical (unpaired) electrons. The summed E-state index contributed by atoms with van der Waals surface area (Å²) in [6.45, 7) is 5.23. The van der Waals surface area contributed by atoms with Gasteiger partial charge in [0.25, 0.3) is 0 Å². The summed E-state index contributed by atoms with van der Waals surface area (Å²) in [5, 5.41) is 12.3. The topological polar surface area (TPSA) is 75.6 Å². The van der Waals surface area contributed by atoms with Crippen molar-refractivity contribution in [1.82, 2.24) is 0 Å². The Morgan fingerprint density at radius 2 is 1.67 bits per heavy atom. The molecule has 5 nitrogen and oxygen atoms in total. The van der Waals surface area contributed by atoms with Crippen molar-refractivity contribution in [2.24, 2.45) is 5.92 Å². The van der Waals surface area contributed by atoms with Gasteiger partial charge in [0.05, 0.1) is 5.92 Å². The number of carboxylic acids is 1. The molecule has 0 aliphatic carbocycles. The molecule has 2 rings (SSSR count). The fourth-order valence-corrected chi connectivity index (χ4v) is 2.18. The van der Waals surface area contributed by atoms with Crippen LogP contribution in [0.1, 0.15) is 13.3 Å². The van der Waals surface area contributed by atoms with E-state index < -0.39 is 17.9 Å². The molecule has 2 aromatic carbocycles. The molecule has 0 aliphatic heterocycles. The molecule has 0 bridgehead atoms. The maximum atomic E-state index is 12.0. The van der Waals surface area contributed by atoms with Gasteiger partial charge in [-0.1, -0.05) is 31.7 Å². The van der Waals surface area contributed by atoms with Crippen LogP contribution in [-0.2, 0) is 9.59 Å². The van der Waals surface area contributed by atoms with E-state index in [1.165, 1.54) is 0 Å². The molecule has 2 aromatic rings. The number of anilines is 2. The average Bonchev–Trinajstić information content (AvgIpc) is 2.57. The number of nitrogens with one attached hydrogen (secondary N) is 1. The van der Waals surface area contributed by atoms with Crippen LogP contribution in [0.2, 0.25) is 0 Å². The largest absolute Gasteiger partial charge is 0.481 e. The zero-order valence-electron chi connectivity index (χ0n) is 13.4. The minimum absolute atomic E-state index is 0.0588. The molecule has 0 aromatic heterocycles. The normalized spacial score (nSPS) is 11.4. The zero-order chi connectivity index (χ0) is 17.5. The van der Waals surface area contributed by atoms with Gasteiger partial charge in [0.2, 0.25) is 0 Å². The molecule has 24 heavy (non-hydrogen) atoms. The maximum Gasteiger partial charge on any atom is 0.339 e. The summed E-state index contributed by atoms with van der Waals surface area (Å²) in [7, 11) is 0. The Labute approximate surface area is 140 Å². The van der Waals surface area contributed by atoms with Crippen LogP contribution in [-0.4, -0.2) is 17.0 Å². The third-order valence-corrected chi connectivity index (χ3v) is 3.52. The Bertz CT molecular complexity index is 723. The van der Waals surface area contributed by atoms with Crippen LogP contribution in [0.5, 0.6) is 5.75 Å². The van der Waals surface area contributed by atoms with Crippen molar-refractivity contribution in [3.05, 3.63) is 66.7 Å². The Morgan fingerprint density at radius 1 is 1.08 bits per heavy atom. The second-order valence-electron chi connectivity index (χ2n) is 5.23. The number of benzene rings is 2. The molecule has 0 saturated carbocycles. The molecule has 0 heterocycles. The van der Waals surface area contributed by atoms with Crippen LogP contribution < -0.4 is 10.1 Å². The second-order valence-corrected chi connectivity index (χ2v) is 5.23. The number of ether oxygens (including phenoxy) is 1. The number of carbonyl (C=O) groups is 2. The van der Waals surface area contributed by atoms with Gasteiger partial charge in [0, 0.05) is 16.9 Å². The van der Waals surface area contributed by atoms with Gasteiger partial charge in [-0.2, -0.15) is 0 Å². The second kappa shape index (κ2) is 7.97. The molecule has 0 spiro atoms. The molecular formula is C19H19NO4. The highest BCUT2D eigenvalue weighted by Crippen LogP contribution is 2.22. The van der Waals surface area contributed by atoms with E-state index in [1.54, 1.807) is 31.2 Å². The SMILES string of the molecule is C=C(C(=O)Oc1ccc(Nc2ccccc2)cc1)C(CC)C(=O)O. The lowest BCUT2D eigenvalue weighted by Gasteiger charge is -2.13. The average molecular weight is 325 g/mol. The van der Waals surface area contributed by atoms with E-state index in [0.717, 1.165) is 11.4 Å². The molecule has 2 N–H and O–H groups in total. The Balaban J connectivity index is 1.99. The smallest absolute Gasteiger partial charge is 0.339 e. The number of carbonyl (C=O) groups excluding carboxylic acids is 1. The summed E-state index contributed by atoms with van der Waals surface area (Å²) in [5.41, 5.74) is 1.73. The number of carboxylic acid groups (broad SMARTS) is 1. The predicted molar refractivity (Wildman–Crippen MR) is 92.4 cm³/mol. The minimum Gasteiger partial charge on any atom is -0.481 e. The van der Waals surface area contributed by atoms with E-state index in [9.17, 15) is 9.59 Å². The van der Waals surface area contributed by atoms with Crippen LogP contribution in [0.25, 0.3) is 0 Å². The van der Waals surface area contributed by atoms with Crippen molar-refractivity contribution < 1.29 is 19.4 Å².